The summed E-state index contributed by atoms with van der Waals surface area (Å²) >= 11 is 0. The second-order valence-electron chi connectivity index (χ2n) is 9.75. The van der Waals surface area contributed by atoms with Crippen LogP contribution in [0, 0.1) is 5.92 Å². The van der Waals surface area contributed by atoms with Gasteiger partial charge < -0.3 is 40.2 Å². The Bertz CT molecular complexity index is 906. The molecule has 1 aliphatic rings. The Morgan fingerprint density at radius 1 is 1.08 bits per heavy atom. The molecule has 1 aromatic rings. The summed E-state index contributed by atoms with van der Waals surface area (Å²) < 4.78 is 16.4. The van der Waals surface area contributed by atoms with Crippen LogP contribution < -0.4 is 15.4 Å². The molecule has 11 nitrogen and oxygen atoms in total. The van der Waals surface area contributed by atoms with Crippen LogP contribution in [0.3, 0.4) is 0 Å². The van der Waals surface area contributed by atoms with Gasteiger partial charge >= 0.3 is 11.9 Å². The van der Waals surface area contributed by atoms with Crippen molar-refractivity contribution in [3.8, 4) is 5.75 Å². The highest BCUT2D eigenvalue weighted by atomic mass is 16.7. The van der Waals surface area contributed by atoms with Crippen LogP contribution in [0.1, 0.15) is 69.3 Å². The van der Waals surface area contributed by atoms with Crippen molar-refractivity contribution in [3.05, 3.63) is 29.3 Å². The highest BCUT2D eigenvalue weighted by Crippen LogP contribution is 2.27. The number of esters is 1. The van der Waals surface area contributed by atoms with Crippen LogP contribution in [0.5, 0.6) is 5.75 Å². The number of hydrogen-bond acceptors (Lipinski definition) is 9. The number of carboxylic acid groups (broad SMARTS) is 1. The molecule has 1 amide bonds. The summed E-state index contributed by atoms with van der Waals surface area (Å²) in [5.41, 5.74) is 0.713. The fraction of sp³-hybridized carbons (Fsp3) is 0.654. The molecule has 0 bridgehead atoms. The van der Waals surface area contributed by atoms with Gasteiger partial charge in [-0.3, -0.25) is 9.59 Å². The molecule has 0 aromatic heterocycles. The van der Waals surface area contributed by atoms with Crippen molar-refractivity contribution in [2.75, 3.05) is 13.1 Å². The van der Waals surface area contributed by atoms with E-state index in [0.717, 1.165) is 25.8 Å². The molecule has 0 spiro atoms. The summed E-state index contributed by atoms with van der Waals surface area (Å²) in [4.78, 5) is 36.3. The number of aliphatic hydroxyl groups is 2. The minimum Gasteiger partial charge on any atom is -0.479 e. The van der Waals surface area contributed by atoms with E-state index in [1.807, 2.05) is 0 Å². The lowest BCUT2D eigenvalue weighted by Crippen LogP contribution is -2.53. The molecule has 1 heterocycles. The highest BCUT2D eigenvalue weighted by Gasteiger charge is 2.42. The number of aliphatic carboxylic acids is 1. The molecule has 0 aliphatic carbocycles. The van der Waals surface area contributed by atoms with Gasteiger partial charge in [0.15, 0.2) is 6.10 Å². The molecule has 4 atom stereocenters. The normalized spacial score (nSPS) is 21.6. The smallest absolute Gasteiger partial charge is 0.335 e. The highest BCUT2D eigenvalue weighted by molar-refractivity contribution is 5.97. The van der Waals surface area contributed by atoms with E-state index in [-0.39, 0.29) is 36.2 Å². The Morgan fingerprint density at radius 2 is 1.78 bits per heavy atom. The molecule has 2 unspecified atom stereocenters. The predicted octanol–water partition coefficient (Wildman–Crippen LogP) is 1.58. The molecule has 1 fully saturated rings. The van der Waals surface area contributed by atoms with E-state index in [1.54, 1.807) is 19.9 Å². The Labute approximate surface area is 217 Å². The van der Waals surface area contributed by atoms with Gasteiger partial charge in [-0.05, 0) is 37.1 Å². The number of ether oxygens (including phenoxy) is 3. The van der Waals surface area contributed by atoms with Gasteiger partial charge in [0.25, 0.3) is 5.91 Å². The molecular weight excluding hydrogens is 484 g/mol. The maximum Gasteiger partial charge on any atom is 0.335 e. The van der Waals surface area contributed by atoms with E-state index >= 15 is 0 Å². The summed E-state index contributed by atoms with van der Waals surface area (Å²) in [5, 5.41) is 35.4. The topological polar surface area (TPSA) is 164 Å². The average Bonchev–Trinajstić information content (AvgIpc) is 2.83. The van der Waals surface area contributed by atoms with E-state index in [9.17, 15) is 29.7 Å². The number of rotatable bonds is 14. The summed E-state index contributed by atoms with van der Waals surface area (Å²) in [7, 11) is 0. The maximum absolute atomic E-state index is 13.0. The standard InChI is InChI=1S/C26H40N2O9/c1-15(2)26(34)35-14-17-8-9-20(36-21-13-19(29)22(30)23(37-21)25(32)33)18(12-17)24(31)28-11-7-5-6-10-27-16(3)4/h8-9,12,15-16,19,21-23,27,29-30H,5-7,10-11,13-14H2,1-4H3,(H,28,31)(H,32,33)/t19?,21-,22-,23?/m0/s1. The second-order valence-corrected chi connectivity index (χ2v) is 9.75. The first-order valence-corrected chi connectivity index (χ1v) is 12.7. The summed E-state index contributed by atoms with van der Waals surface area (Å²) in [5.74, 6) is -2.42. The van der Waals surface area contributed by atoms with Crippen LogP contribution in [0.15, 0.2) is 18.2 Å². The van der Waals surface area contributed by atoms with Crippen molar-refractivity contribution >= 4 is 17.8 Å². The van der Waals surface area contributed by atoms with Gasteiger partial charge in [-0.2, -0.15) is 0 Å². The number of carbonyl (C=O) groups is 3. The Kier molecular flexibility index (Phi) is 12.3. The minimum absolute atomic E-state index is 0.0354. The number of benzene rings is 1. The molecule has 5 N–H and O–H groups in total. The zero-order chi connectivity index (χ0) is 27.5. The minimum atomic E-state index is -1.68. The van der Waals surface area contributed by atoms with Crippen LogP contribution in [0.4, 0.5) is 0 Å². The van der Waals surface area contributed by atoms with Crippen LogP contribution >= 0.6 is 0 Å². The Morgan fingerprint density at radius 3 is 2.43 bits per heavy atom. The van der Waals surface area contributed by atoms with Gasteiger partial charge in [-0.25, -0.2) is 4.79 Å². The molecule has 11 heteroatoms. The van der Waals surface area contributed by atoms with Gasteiger partial charge in [-0.1, -0.05) is 40.2 Å². The number of unbranched alkanes of at least 4 members (excludes halogenated alkanes) is 2. The summed E-state index contributed by atoms with van der Waals surface area (Å²) in [6.45, 7) is 8.92. The maximum atomic E-state index is 13.0. The molecule has 2 rings (SSSR count). The van der Waals surface area contributed by atoms with Gasteiger partial charge in [0.2, 0.25) is 6.29 Å². The zero-order valence-electron chi connectivity index (χ0n) is 21.9. The van der Waals surface area contributed by atoms with Crippen LogP contribution in [0.25, 0.3) is 0 Å². The summed E-state index contributed by atoms with van der Waals surface area (Å²) in [6.07, 6.45) is -3.35. The van der Waals surface area contributed by atoms with Crippen molar-refractivity contribution in [1.82, 2.24) is 10.6 Å². The van der Waals surface area contributed by atoms with E-state index in [1.165, 1.54) is 12.1 Å². The first kappa shape index (κ1) is 30.5. The van der Waals surface area contributed by atoms with Crippen LogP contribution in [0.2, 0.25) is 0 Å². The zero-order valence-corrected chi connectivity index (χ0v) is 21.9. The van der Waals surface area contributed by atoms with Crippen molar-refractivity contribution in [3.63, 3.8) is 0 Å². The number of carboxylic acids is 1. The van der Waals surface area contributed by atoms with Gasteiger partial charge in [0.05, 0.1) is 17.6 Å². The van der Waals surface area contributed by atoms with Crippen molar-refractivity contribution in [2.24, 2.45) is 5.92 Å². The van der Waals surface area contributed by atoms with E-state index < -0.39 is 36.5 Å². The molecule has 208 valence electrons. The second kappa shape index (κ2) is 14.9. The van der Waals surface area contributed by atoms with Gasteiger partial charge in [0.1, 0.15) is 18.5 Å². The molecule has 37 heavy (non-hydrogen) atoms. The SMILES string of the molecule is CC(C)NCCCCCNC(=O)c1cc(COC(=O)C(C)C)ccc1O[C@@H]1CC(O)[C@H](O)C(C(=O)O)O1. The molecule has 0 saturated carbocycles. The van der Waals surface area contributed by atoms with Crippen molar-refractivity contribution in [2.45, 2.75) is 90.6 Å². The Balaban J connectivity index is 2.10. The predicted molar refractivity (Wildman–Crippen MR) is 134 cm³/mol. The van der Waals surface area contributed by atoms with E-state index in [2.05, 4.69) is 24.5 Å². The number of hydrogen-bond donors (Lipinski definition) is 5. The number of amides is 1. The van der Waals surface area contributed by atoms with Crippen molar-refractivity contribution < 1.29 is 43.9 Å². The lowest BCUT2D eigenvalue weighted by atomic mass is 10.0. The first-order chi connectivity index (χ1) is 17.5. The van der Waals surface area contributed by atoms with Crippen LogP contribution in [-0.2, 0) is 25.7 Å². The molecule has 0 radical (unpaired) electrons. The molecular formula is C26H40N2O9. The molecule has 1 aliphatic heterocycles. The monoisotopic (exact) mass is 524 g/mol. The van der Waals surface area contributed by atoms with E-state index in [4.69, 9.17) is 14.2 Å². The first-order valence-electron chi connectivity index (χ1n) is 12.7. The number of aliphatic hydroxyl groups excluding tert-OH is 2. The van der Waals surface area contributed by atoms with Crippen molar-refractivity contribution in [1.29, 1.82) is 0 Å². The van der Waals surface area contributed by atoms with Crippen LogP contribution in [-0.4, -0.2) is 76.9 Å². The van der Waals surface area contributed by atoms with Gasteiger partial charge in [0, 0.05) is 19.0 Å². The molecule has 1 saturated heterocycles. The quantitative estimate of drug-likeness (QED) is 0.178. The lowest BCUT2D eigenvalue weighted by Gasteiger charge is -2.35. The Hall–Kier alpha value is -2.73. The van der Waals surface area contributed by atoms with E-state index in [0.29, 0.717) is 18.2 Å². The number of carbonyl (C=O) groups excluding carboxylic acids is 2. The summed E-state index contributed by atoms with van der Waals surface area (Å²) in [6, 6.07) is 5.08. The average molecular weight is 525 g/mol. The fourth-order valence-corrected chi connectivity index (χ4v) is 3.64. The fourth-order valence-electron chi connectivity index (χ4n) is 3.64. The third-order valence-electron chi connectivity index (χ3n) is 5.77. The third-order valence-corrected chi connectivity index (χ3v) is 5.77. The van der Waals surface area contributed by atoms with Gasteiger partial charge in [-0.15, -0.1) is 0 Å². The lowest BCUT2D eigenvalue weighted by molar-refractivity contribution is -0.228. The molecule has 1 aromatic carbocycles. The largest absolute Gasteiger partial charge is 0.479 e. The number of nitrogens with one attached hydrogen (secondary N) is 2. The third kappa shape index (κ3) is 9.92.